The second kappa shape index (κ2) is 5.97. The van der Waals surface area contributed by atoms with Crippen LogP contribution in [0.1, 0.15) is 22.7 Å². The van der Waals surface area contributed by atoms with Gasteiger partial charge in [0.25, 0.3) is 0 Å². The number of rotatable bonds is 4. The molecular weight excluding hydrogens is 306 g/mol. The van der Waals surface area contributed by atoms with E-state index in [0.29, 0.717) is 12.1 Å². The minimum absolute atomic E-state index is 0.423. The van der Waals surface area contributed by atoms with Gasteiger partial charge in [0.15, 0.2) is 0 Å². The number of aryl methyl sites for hydroxylation is 1. The number of hydrogen-bond acceptors (Lipinski definition) is 2. The van der Waals surface area contributed by atoms with E-state index in [1.807, 2.05) is 37.3 Å². The molecule has 0 saturated heterocycles. The van der Waals surface area contributed by atoms with Gasteiger partial charge in [-0.1, -0.05) is 40.2 Å². The largest absolute Gasteiger partial charge is 0.481 e. The summed E-state index contributed by atoms with van der Waals surface area (Å²) >= 11 is 3.44. The molecule has 1 N–H and O–H groups in total. The van der Waals surface area contributed by atoms with E-state index in [9.17, 15) is 9.90 Å². The van der Waals surface area contributed by atoms with Gasteiger partial charge in [0.05, 0.1) is 5.69 Å². The molecule has 0 aliphatic heterocycles. The van der Waals surface area contributed by atoms with Crippen molar-refractivity contribution in [1.82, 2.24) is 4.98 Å². The fourth-order valence-corrected chi connectivity index (χ4v) is 2.33. The first-order valence-corrected chi connectivity index (χ1v) is 6.76. The Kier molecular flexibility index (Phi) is 4.32. The maximum absolute atomic E-state index is 11.4. The van der Waals surface area contributed by atoms with Crippen LogP contribution in [-0.2, 0) is 11.2 Å². The molecule has 1 aromatic heterocycles. The molecule has 19 heavy (non-hydrogen) atoms. The first kappa shape index (κ1) is 13.7. The highest BCUT2D eigenvalue weighted by Crippen LogP contribution is 2.24. The van der Waals surface area contributed by atoms with Gasteiger partial charge < -0.3 is 5.11 Å². The Morgan fingerprint density at radius 2 is 2.05 bits per heavy atom. The maximum atomic E-state index is 11.4. The van der Waals surface area contributed by atoms with E-state index < -0.39 is 11.9 Å². The summed E-state index contributed by atoms with van der Waals surface area (Å²) in [7, 11) is 0. The van der Waals surface area contributed by atoms with Crippen LogP contribution in [0.2, 0.25) is 0 Å². The molecule has 0 saturated carbocycles. The molecule has 4 heteroatoms. The lowest BCUT2D eigenvalue weighted by molar-refractivity contribution is -0.138. The molecule has 0 radical (unpaired) electrons. The van der Waals surface area contributed by atoms with E-state index in [0.717, 1.165) is 15.6 Å². The average Bonchev–Trinajstić information content (AvgIpc) is 2.39. The van der Waals surface area contributed by atoms with Crippen molar-refractivity contribution in [3.8, 4) is 0 Å². The van der Waals surface area contributed by atoms with Crippen molar-refractivity contribution in [2.75, 3.05) is 0 Å². The maximum Gasteiger partial charge on any atom is 0.312 e. The lowest BCUT2D eigenvalue weighted by Gasteiger charge is -2.13. The number of carboxylic acid groups (broad SMARTS) is 1. The van der Waals surface area contributed by atoms with E-state index in [1.54, 1.807) is 12.3 Å². The first-order valence-electron chi connectivity index (χ1n) is 5.96. The Morgan fingerprint density at radius 1 is 1.32 bits per heavy atom. The van der Waals surface area contributed by atoms with Crippen LogP contribution in [0.5, 0.6) is 0 Å². The summed E-state index contributed by atoms with van der Waals surface area (Å²) in [6, 6.07) is 11.3. The number of carboxylic acids is 1. The van der Waals surface area contributed by atoms with Crippen LogP contribution in [0.3, 0.4) is 0 Å². The Bertz CT molecular complexity index is 581. The van der Waals surface area contributed by atoms with E-state index in [1.165, 1.54) is 0 Å². The molecular formula is C15H14BrNO2. The molecule has 98 valence electrons. The quantitative estimate of drug-likeness (QED) is 0.937. The number of aromatic nitrogens is 1. The predicted octanol–water partition coefficient (Wildman–Crippen LogP) is 3.56. The topological polar surface area (TPSA) is 50.2 Å². The number of halogens is 1. The highest BCUT2D eigenvalue weighted by molar-refractivity contribution is 9.10. The SMILES string of the molecule is Cc1ccc(C(Cc2ccccc2Br)C(=O)O)nc1. The number of hydrogen-bond donors (Lipinski definition) is 1. The van der Waals surface area contributed by atoms with Gasteiger partial charge in [0.1, 0.15) is 5.92 Å². The first-order chi connectivity index (χ1) is 9.08. The van der Waals surface area contributed by atoms with Crippen molar-refractivity contribution in [3.05, 3.63) is 63.9 Å². The second-order valence-corrected chi connectivity index (χ2v) is 5.30. The van der Waals surface area contributed by atoms with E-state index >= 15 is 0 Å². The molecule has 0 fully saturated rings. The standard InChI is InChI=1S/C15H14BrNO2/c1-10-6-7-14(17-9-10)12(15(18)19)8-11-4-2-3-5-13(11)16/h2-7,9,12H,8H2,1H3,(H,18,19). The Balaban J connectivity index is 2.29. The van der Waals surface area contributed by atoms with Crippen molar-refractivity contribution >= 4 is 21.9 Å². The monoisotopic (exact) mass is 319 g/mol. The molecule has 0 amide bonds. The van der Waals surface area contributed by atoms with Crippen molar-refractivity contribution in [2.24, 2.45) is 0 Å². The normalized spacial score (nSPS) is 12.1. The smallest absolute Gasteiger partial charge is 0.312 e. The number of pyridine rings is 1. The van der Waals surface area contributed by atoms with Crippen LogP contribution >= 0.6 is 15.9 Å². The van der Waals surface area contributed by atoms with Gasteiger partial charge in [-0.3, -0.25) is 9.78 Å². The molecule has 1 heterocycles. The molecule has 0 bridgehead atoms. The molecule has 3 nitrogen and oxygen atoms in total. The lowest BCUT2D eigenvalue weighted by Crippen LogP contribution is -2.16. The predicted molar refractivity (Wildman–Crippen MR) is 77.2 cm³/mol. The third kappa shape index (κ3) is 3.41. The van der Waals surface area contributed by atoms with Crippen LogP contribution < -0.4 is 0 Å². The number of carbonyl (C=O) groups is 1. The van der Waals surface area contributed by atoms with Crippen LogP contribution in [-0.4, -0.2) is 16.1 Å². The summed E-state index contributed by atoms with van der Waals surface area (Å²) in [6.07, 6.45) is 2.12. The van der Waals surface area contributed by atoms with Gasteiger partial charge in [-0.05, 0) is 36.6 Å². The second-order valence-electron chi connectivity index (χ2n) is 4.45. The third-order valence-electron chi connectivity index (χ3n) is 2.97. The molecule has 1 aromatic carbocycles. The molecule has 2 rings (SSSR count). The summed E-state index contributed by atoms with van der Waals surface area (Å²) < 4.78 is 0.924. The summed E-state index contributed by atoms with van der Waals surface area (Å²) in [5.41, 5.74) is 2.58. The van der Waals surface area contributed by atoms with Gasteiger partial charge in [0, 0.05) is 10.7 Å². The van der Waals surface area contributed by atoms with Crippen LogP contribution in [0.15, 0.2) is 47.1 Å². The minimum atomic E-state index is -0.855. The highest BCUT2D eigenvalue weighted by atomic mass is 79.9. The average molecular weight is 320 g/mol. The van der Waals surface area contributed by atoms with Gasteiger partial charge in [-0.2, -0.15) is 0 Å². The highest BCUT2D eigenvalue weighted by Gasteiger charge is 2.22. The molecule has 0 aliphatic rings. The number of nitrogens with zero attached hydrogens (tertiary/aromatic N) is 1. The number of benzene rings is 1. The van der Waals surface area contributed by atoms with Crippen molar-refractivity contribution in [3.63, 3.8) is 0 Å². The Labute approximate surface area is 120 Å². The fourth-order valence-electron chi connectivity index (χ4n) is 1.89. The zero-order valence-corrected chi connectivity index (χ0v) is 12.1. The summed E-state index contributed by atoms with van der Waals surface area (Å²) in [5, 5.41) is 9.39. The van der Waals surface area contributed by atoms with Gasteiger partial charge in [0.2, 0.25) is 0 Å². The van der Waals surface area contributed by atoms with Crippen LogP contribution in [0.4, 0.5) is 0 Å². The van der Waals surface area contributed by atoms with Crippen molar-refractivity contribution < 1.29 is 9.90 Å². The molecule has 1 unspecified atom stereocenters. The minimum Gasteiger partial charge on any atom is -0.481 e. The van der Waals surface area contributed by atoms with E-state index in [-0.39, 0.29) is 0 Å². The fraction of sp³-hybridized carbons (Fsp3) is 0.200. The summed E-state index contributed by atoms with van der Waals surface area (Å²) in [4.78, 5) is 15.7. The molecule has 2 aromatic rings. The lowest BCUT2D eigenvalue weighted by atomic mass is 9.95. The van der Waals surface area contributed by atoms with Gasteiger partial charge in [-0.25, -0.2) is 0 Å². The Morgan fingerprint density at radius 3 is 2.63 bits per heavy atom. The van der Waals surface area contributed by atoms with Gasteiger partial charge in [-0.15, -0.1) is 0 Å². The molecule has 1 atom stereocenters. The van der Waals surface area contributed by atoms with Gasteiger partial charge >= 0.3 is 5.97 Å². The molecule has 0 aliphatic carbocycles. The van der Waals surface area contributed by atoms with E-state index in [4.69, 9.17) is 0 Å². The zero-order valence-electron chi connectivity index (χ0n) is 10.5. The van der Waals surface area contributed by atoms with Crippen LogP contribution in [0.25, 0.3) is 0 Å². The Hall–Kier alpha value is -1.68. The zero-order chi connectivity index (χ0) is 13.8. The van der Waals surface area contributed by atoms with Crippen LogP contribution in [0, 0.1) is 6.92 Å². The van der Waals surface area contributed by atoms with E-state index in [2.05, 4.69) is 20.9 Å². The third-order valence-corrected chi connectivity index (χ3v) is 3.74. The van der Waals surface area contributed by atoms with Crippen molar-refractivity contribution in [1.29, 1.82) is 0 Å². The summed E-state index contributed by atoms with van der Waals surface area (Å²) in [5.74, 6) is -1.48. The number of aliphatic carboxylic acids is 1. The molecule has 0 spiro atoms. The summed E-state index contributed by atoms with van der Waals surface area (Å²) in [6.45, 7) is 1.93. The van der Waals surface area contributed by atoms with Crippen molar-refractivity contribution in [2.45, 2.75) is 19.3 Å².